The molecule has 1 heterocycles. The van der Waals surface area contributed by atoms with E-state index in [0.717, 1.165) is 22.3 Å². The fourth-order valence-corrected chi connectivity index (χ4v) is 7.54. The van der Waals surface area contributed by atoms with Crippen LogP contribution >= 0.6 is 11.6 Å². The molecule has 0 radical (unpaired) electrons. The standard InChI is InChI=1S/C35H47ClF4N2O2/c1-5-23(2)33(43)32(29-11-6-8-24(3)31(29)25-12-14-28(15-13-25)44-35(38,39)40)42(4)21-16-30(26-9-7-10-27(36)22-26)34(37)17-19-41-20-18-34/h6-11,22-23,25,28,30,32,41H,5,12-21H2,1-4H3. The lowest BCUT2D eigenvalue weighted by atomic mass is 9.75. The molecule has 4 nitrogen and oxygen atoms in total. The van der Waals surface area contributed by atoms with E-state index in [4.69, 9.17) is 11.6 Å². The summed E-state index contributed by atoms with van der Waals surface area (Å²) >= 11 is 6.35. The molecule has 0 amide bonds. The van der Waals surface area contributed by atoms with Gasteiger partial charge in [-0.2, -0.15) is 0 Å². The van der Waals surface area contributed by atoms with Gasteiger partial charge in [-0.3, -0.25) is 14.4 Å². The average molecular weight is 639 g/mol. The summed E-state index contributed by atoms with van der Waals surface area (Å²) in [4.78, 5) is 16.2. The maximum Gasteiger partial charge on any atom is 0.522 e. The van der Waals surface area contributed by atoms with Crippen LogP contribution in [0.3, 0.4) is 0 Å². The van der Waals surface area contributed by atoms with Gasteiger partial charge in [-0.25, -0.2) is 4.39 Å². The van der Waals surface area contributed by atoms with Crippen molar-refractivity contribution in [2.75, 3.05) is 26.7 Å². The van der Waals surface area contributed by atoms with E-state index in [2.05, 4.69) is 15.0 Å². The van der Waals surface area contributed by atoms with Crippen LogP contribution in [0.15, 0.2) is 42.5 Å². The molecule has 1 aliphatic heterocycles. The van der Waals surface area contributed by atoms with Crippen LogP contribution in [-0.4, -0.2) is 55.5 Å². The molecule has 1 saturated carbocycles. The molecule has 1 N–H and O–H groups in total. The molecule has 2 fully saturated rings. The zero-order valence-corrected chi connectivity index (χ0v) is 27.1. The second-order valence-electron chi connectivity index (χ2n) is 12.9. The first-order valence-corrected chi connectivity index (χ1v) is 16.4. The highest BCUT2D eigenvalue weighted by atomic mass is 35.5. The van der Waals surface area contributed by atoms with E-state index < -0.39 is 24.2 Å². The SMILES string of the molecule is CCC(C)C(=O)C(c1cccc(C)c1C1CCC(OC(F)(F)F)CC1)N(C)CCC(c1cccc(Cl)c1)C1(F)CCNCC1. The number of nitrogens with zero attached hydrogens (tertiary/aromatic N) is 1. The third-order valence-electron chi connectivity index (χ3n) is 9.92. The van der Waals surface area contributed by atoms with Crippen molar-refractivity contribution in [1.29, 1.82) is 0 Å². The lowest BCUT2D eigenvalue weighted by Gasteiger charge is -2.39. The van der Waals surface area contributed by atoms with Gasteiger partial charge in [0.2, 0.25) is 0 Å². The van der Waals surface area contributed by atoms with Crippen LogP contribution in [0.2, 0.25) is 5.02 Å². The van der Waals surface area contributed by atoms with Crippen LogP contribution in [0, 0.1) is 12.8 Å². The van der Waals surface area contributed by atoms with Crippen molar-refractivity contribution in [1.82, 2.24) is 10.2 Å². The highest BCUT2D eigenvalue weighted by Gasteiger charge is 2.42. The molecule has 3 unspecified atom stereocenters. The average Bonchev–Trinajstić information content (AvgIpc) is 2.97. The number of carbonyl (C=O) groups is 1. The van der Waals surface area contributed by atoms with Gasteiger partial charge in [0.15, 0.2) is 5.78 Å². The Labute approximate surface area is 264 Å². The molecular weight excluding hydrogens is 592 g/mol. The molecule has 244 valence electrons. The smallest absolute Gasteiger partial charge is 0.316 e. The number of piperidine rings is 1. The Balaban J connectivity index is 1.63. The van der Waals surface area contributed by atoms with E-state index in [1.165, 1.54) is 0 Å². The van der Waals surface area contributed by atoms with Gasteiger partial charge in [-0.05, 0) is 125 Å². The van der Waals surface area contributed by atoms with E-state index in [1.807, 2.05) is 64.2 Å². The molecule has 1 aliphatic carbocycles. The number of hydrogen-bond acceptors (Lipinski definition) is 4. The van der Waals surface area contributed by atoms with Crippen LogP contribution in [-0.2, 0) is 9.53 Å². The van der Waals surface area contributed by atoms with Crippen LogP contribution in [0.1, 0.15) is 105 Å². The third-order valence-corrected chi connectivity index (χ3v) is 10.2. The number of halogens is 5. The topological polar surface area (TPSA) is 41.6 Å². The van der Waals surface area contributed by atoms with Crippen LogP contribution in [0.25, 0.3) is 0 Å². The number of aryl methyl sites for hydroxylation is 1. The second-order valence-corrected chi connectivity index (χ2v) is 13.3. The van der Waals surface area contributed by atoms with Gasteiger partial charge in [-0.15, -0.1) is 13.2 Å². The molecule has 4 rings (SSSR count). The lowest BCUT2D eigenvalue weighted by molar-refractivity contribution is -0.345. The summed E-state index contributed by atoms with van der Waals surface area (Å²) in [5.74, 6) is -0.437. The molecule has 3 atom stereocenters. The molecule has 1 saturated heterocycles. The molecule has 2 aromatic rings. The molecule has 0 bridgehead atoms. The maximum absolute atomic E-state index is 16.6. The minimum atomic E-state index is -4.64. The first-order valence-electron chi connectivity index (χ1n) is 16.1. The van der Waals surface area contributed by atoms with Crippen molar-refractivity contribution in [3.05, 3.63) is 69.7 Å². The summed E-state index contributed by atoms with van der Waals surface area (Å²) < 4.78 is 59.6. The largest absolute Gasteiger partial charge is 0.522 e. The first-order chi connectivity index (χ1) is 20.8. The normalized spacial score (nSPS) is 22.9. The Kier molecular flexibility index (Phi) is 11.9. The molecular formula is C35H47ClF4N2O2. The Morgan fingerprint density at radius 2 is 1.77 bits per heavy atom. The highest BCUT2D eigenvalue weighted by molar-refractivity contribution is 6.30. The summed E-state index contributed by atoms with van der Waals surface area (Å²) in [5.41, 5.74) is 2.48. The molecule has 44 heavy (non-hydrogen) atoms. The minimum Gasteiger partial charge on any atom is -0.316 e. The summed E-state index contributed by atoms with van der Waals surface area (Å²) in [5, 5.41) is 3.84. The number of nitrogens with one attached hydrogen (secondary N) is 1. The van der Waals surface area contributed by atoms with Crippen molar-refractivity contribution in [3.63, 3.8) is 0 Å². The van der Waals surface area contributed by atoms with Gasteiger partial charge in [-0.1, -0.05) is 55.8 Å². The molecule has 0 spiro atoms. The van der Waals surface area contributed by atoms with E-state index in [0.29, 0.717) is 76.0 Å². The Bertz CT molecular complexity index is 1240. The number of ether oxygens (including phenoxy) is 1. The van der Waals surface area contributed by atoms with E-state index in [-0.39, 0.29) is 23.5 Å². The minimum absolute atomic E-state index is 0.0305. The Morgan fingerprint density at radius 3 is 2.39 bits per heavy atom. The summed E-state index contributed by atoms with van der Waals surface area (Å²) in [6, 6.07) is 12.9. The van der Waals surface area contributed by atoms with Gasteiger partial charge >= 0.3 is 6.36 Å². The number of Topliss-reactive ketones (excluding diaryl/α,β-unsaturated/α-hetero) is 1. The van der Waals surface area contributed by atoms with Crippen molar-refractivity contribution >= 4 is 17.4 Å². The quantitative estimate of drug-likeness (QED) is 0.236. The number of hydrogen-bond donors (Lipinski definition) is 1. The first kappa shape index (κ1) is 34.9. The fraction of sp³-hybridized carbons (Fsp3) is 0.629. The van der Waals surface area contributed by atoms with Crippen molar-refractivity contribution < 1.29 is 27.1 Å². The van der Waals surface area contributed by atoms with Gasteiger partial charge in [0.05, 0.1) is 12.1 Å². The molecule has 9 heteroatoms. The summed E-state index contributed by atoms with van der Waals surface area (Å²) in [6.45, 7) is 7.67. The lowest BCUT2D eigenvalue weighted by Crippen LogP contribution is -2.44. The van der Waals surface area contributed by atoms with Crippen LogP contribution < -0.4 is 5.32 Å². The maximum atomic E-state index is 16.6. The molecule has 2 aromatic carbocycles. The third kappa shape index (κ3) is 8.62. The van der Waals surface area contributed by atoms with Gasteiger partial charge in [0.25, 0.3) is 0 Å². The summed E-state index contributed by atoms with van der Waals surface area (Å²) in [6.07, 6.45) is -1.73. The second kappa shape index (κ2) is 15.1. The number of ketones is 1. The Morgan fingerprint density at radius 1 is 1.11 bits per heavy atom. The zero-order chi connectivity index (χ0) is 32.1. The van der Waals surface area contributed by atoms with E-state index in [1.54, 1.807) is 6.07 Å². The number of rotatable bonds is 12. The highest BCUT2D eigenvalue weighted by Crippen LogP contribution is 2.44. The predicted octanol–water partition coefficient (Wildman–Crippen LogP) is 9.06. The fourth-order valence-electron chi connectivity index (χ4n) is 7.34. The van der Waals surface area contributed by atoms with E-state index >= 15 is 4.39 Å². The molecule has 2 aliphatic rings. The van der Waals surface area contributed by atoms with Crippen LogP contribution in [0.4, 0.5) is 17.6 Å². The van der Waals surface area contributed by atoms with Gasteiger partial charge in [0.1, 0.15) is 5.67 Å². The zero-order valence-electron chi connectivity index (χ0n) is 26.4. The molecule has 0 aromatic heterocycles. The number of alkyl halides is 4. The predicted molar refractivity (Wildman–Crippen MR) is 168 cm³/mol. The number of benzene rings is 2. The van der Waals surface area contributed by atoms with Crippen molar-refractivity contribution in [2.45, 2.75) is 108 Å². The van der Waals surface area contributed by atoms with Gasteiger partial charge in [0, 0.05) is 16.9 Å². The van der Waals surface area contributed by atoms with E-state index in [9.17, 15) is 18.0 Å². The van der Waals surface area contributed by atoms with Crippen molar-refractivity contribution in [2.24, 2.45) is 5.92 Å². The van der Waals surface area contributed by atoms with Crippen LogP contribution in [0.5, 0.6) is 0 Å². The van der Waals surface area contributed by atoms with Crippen molar-refractivity contribution in [3.8, 4) is 0 Å². The number of carbonyl (C=O) groups excluding carboxylic acids is 1. The summed E-state index contributed by atoms with van der Waals surface area (Å²) in [7, 11) is 1.94. The van der Waals surface area contributed by atoms with Gasteiger partial charge < -0.3 is 5.32 Å². The monoisotopic (exact) mass is 638 g/mol. The Hall–Kier alpha value is -2.00. The number of likely N-dealkylation sites (N-methyl/N-ethyl adjacent to an activating group) is 1.